The number of fused-ring (bicyclic) bond motifs is 1. The van der Waals surface area contributed by atoms with Crippen molar-refractivity contribution >= 4 is 23.3 Å². The van der Waals surface area contributed by atoms with Crippen molar-refractivity contribution in [3.05, 3.63) is 63.0 Å². The second kappa shape index (κ2) is 11.8. The second-order valence-electron chi connectivity index (χ2n) is 12.9. The van der Waals surface area contributed by atoms with E-state index in [1.54, 1.807) is 38.7 Å². The third-order valence-electron chi connectivity index (χ3n) is 9.25. The van der Waals surface area contributed by atoms with E-state index in [4.69, 9.17) is 19.2 Å². The van der Waals surface area contributed by atoms with Crippen LogP contribution in [0.4, 0.5) is 0 Å². The monoisotopic (exact) mass is 588 g/mol. The highest BCUT2D eigenvalue weighted by molar-refractivity contribution is 7.10. The fraction of sp³-hybridized carbons (Fsp3) is 0.486. The van der Waals surface area contributed by atoms with Gasteiger partial charge >= 0.3 is 0 Å². The van der Waals surface area contributed by atoms with Crippen LogP contribution in [0, 0.1) is 0 Å². The Labute approximate surface area is 254 Å². The molecule has 2 aliphatic rings. The minimum atomic E-state index is 0.0460. The normalized spacial score (nSPS) is 18.4. The molecule has 1 amide bonds. The van der Waals surface area contributed by atoms with Gasteiger partial charge in [-0.2, -0.15) is 0 Å². The predicted octanol–water partition coefficient (Wildman–Crippen LogP) is 7.99. The van der Waals surface area contributed by atoms with E-state index < -0.39 is 0 Å². The number of nitrogens with zero attached hydrogens (tertiary/aromatic N) is 2. The molecule has 2 aromatic carbocycles. The van der Waals surface area contributed by atoms with Crippen LogP contribution in [0.1, 0.15) is 87.9 Å². The summed E-state index contributed by atoms with van der Waals surface area (Å²) in [4.78, 5) is 20.4. The molecule has 224 valence electrons. The number of rotatable bonds is 7. The van der Waals surface area contributed by atoms with Crippen molar-refractivity contribution in [3.63, 3.8) is 0 Å². The number of benzene rings is 2. The molecule has 1 saturated heterocycles. The molecule has 7 heteroatoms. The fourth-order valence-electron chi connectivity index (χ4n) is 6.40. The number of methoxy groups -OCH3 is 3. The first-order valence-electron chi connectivity index (χ1n) is 14.9. The summed E-state index contributed by atoms with van der Waals surface area (Å²) in [7, 11) is 4.80. The minimum absolute atomic E-state index is 0.0460. The van der Waals surface area contributed by atoms with E-state index in [1.165, 1.54) is 34.5 Å². The van der Waals surface area contributed by atoms with Crippen LogP contribution in [0.15, 0.2) is 41.3 Å². The lowest BCUT2D eigenvalue weighted by Crippen LogP contribution is -2.38. The molecular formula is C35H44N2O4S. The first kappa shape index (κ1) is 30.1. The summed E-state index contributed by atoms with van der Waals surface area (Å²) in [5.74, 6) is 2.23. The molecule has 1 aliphatic heterocycles. The van der Waals surface area contributed by atoms with E-state index in [9.17, 15) is 4.79 Å². The van der Waals surface area contributed by atoms with E-state index >= 15 is 0 Å². The van der Waals surface area contributed by atoms with Gasteiger partial charge < -0.3 is 19.1 Å². The average Bonchev–Trinajstić information content (AvgIpc) is 3.49. The quantitative estimate of drug-likeness (QED) is 0.262. The number of hydrogen-bond donors (Lipinski definition) is 0. The second-order valence-corrected chi connectivity index (χ2v) is 13.8. The number of likely N-dealkylation sites (tertiary alicyclic amines) is 1. The number of thiazole rings is 1. The van der Waals surface area contributed by atoms with Gasteiger partial charge in [0.25, 0.3) is 0 Å². The number of piperidine rings is 1. The summed E-state index contributed by atoms with van der Waals surface area (Å²) < 4.78 is 16.4. The van der Waals surface area contributed by atoms with Gasteiger partial charge in [-0.15, -0.1) is 11.3 Å². The van der Waals surface area contributed by atoms with Gasteiger partial charge in [-0.05, 0) is 72.8 Å². The Morgan fingerprint density at radius 2 is 1.52 bits per heavy atom. The van der Waals surface area contributed by atoms with Gasteiger partial charge in [0.2, 0.25) is 5.91 Å². The highest BCUT2D eigenvalue weighted by Crippen LogP contribution is 2.47. The third-order valence-corrected chi connectivity index (χ3v) is 10.3. The van der Waals surface area contributed by atoms with Crippen LogP contribution in [0.2, 0.25) is 0 Å². The van der Waals surface area contributed by atoms with Crippen molar-refractivity contribution in [1.82, 2.24) is 9.88 Å². The van der Waals surface area contributed by atoms with E-state index in [1.807, 2.05) is 24.0 Å². The molecule has 42 heavy (non-hydrogen) atoms. The largest absolute Gasteiger partial charge is 0.496 e. The lowest BCUT2D eigenvalue weighted by molar-refractivity contribution is -0.128. The molecule has 0 bridgehead atoms. The summed E-state index contributed by atoms with van der Waals surface area (Å²) in [6.07, 6.45) is 6.11. The molecule has 1 fully saturated rings. The molecule has 6 nitrogen and oxygen atoms in total. The van der Waals surface area contributed by atoms with Gasteiger partial charge in [-0.25, -0.2) is 4.98 Å². The Morgan fingerprint density at radius 3 is 2.17 bits per heavy atom. The van der Waals surface area contributed by atoms with Gasteiger partial charge in [-0.3, -0.25) is 4.79 Å². The van der Waals surface area contributed by atoms with Crippen LogP contribution in [0.3, 0.4) is 0 Å². The molecule has 0 N–H and O–H groups in total. The summed E-state index contributed by atoms with van der Waals surface area (Å²) in [6, 6.07) is 10.6. The van der Waals surface area contributed by atoms with E-state index in [0.717, 1.165) is 37.2 Å². The molecule has 2 heterocycles. The molecule has 1 aliphatic carbocycles. The van der Waals surface area contributed by atoms with Crippen molar-refractivity contribution in [2.45, 2.75) is 77.0 Å². The zero-order valence-electron chi connectivity index (χ0n) is 26.3. The maximum absolute atomic E-state index is 13.4. The Hall–Kier alpha value is -3.32. The smallest absolute Gasteiger partial charge is 0.249 e. The molecule has 5 rings (SSSR count). The standard InChI is InChI=1S/C35H44N2O4S/c1-22(17-25-19-30(40-7)31(41-8)20-29(25)39-6)33(38)37-15-11-23(12-16-37)32-36-28(21-42-32)24-9-10-26-27(18-24)35(4,5)14-13-34(26,2)3/h9-10,17-21,23H,11-16H2,1-8H3. The minimum Gasteiger partial charge on any atom is -0.496 e. The molecule has 0 unspecified atom stereocenters. The van der Waals surface area contributed by atoms with E-state index in [-0.39, 0.29) is 16.7 Å². The van der Waals surface area contributed by atoms with Crippen molar-refractivity contribution in [2.24, 2.45) is 0 Å². The van der Waals surface area contributed by atoms with Crippen LogP contribution >= 0.6 is 11.3 Å². The predicted molar refractivity (Wildman–Crippen MR) is 171 cm³/mol. The number of carbonyl (C=O) groups excluding carboxylic acids is 1. The van der Waals surface area contributed by atoms with Gasteiger partial charge in [-0.1, -0.05) is 39.8 Å². The zero-order valence-corrected chi connectivity index (χ0v) is 27.1. The Balaban J connectivity index is 1.27. The molecule has 0 atom stereocenters. The first-order chi connectivity index (χ1) is 20.0. The highest BCUT2D eigenvalue weighted by atomic mass is 32.1. The molecular weight excluding hydrogens is 544 g/mol. The number of hydrogen-bond acceptors (Lipinski definition) is 6. The van der Waals surface area contributed by atoms with Gasteiger partial charge in [0.15, 0.2) is 11.5 Å². The van der Waals surface area contributed by atoms with E-state index in [0.29, 0.717) is 28.7 Å². The number of amides is 1. The van der Waals surface area contributed by atoms with Crippen molar-refractivity contribution in [2.75, 3.05) is 34.4 Å². The zero-order chi connectivity index (χ0) is 30.2. The lowest BCUT2D eigenvalue weighted by Gasteiger charge is -2.42. The fourth-order valence-corrected chi connectivity index (χ4v) is 7.40. The van der Waals surface area contributed by atoms with Crippen LogP contribution in [-0.4, -0.2) is 50.2 Å². The Bertz CT molecular complexity index is 1490. The van der Waals surface area contributed by atoms with Crippen LogP contribution in [0.25, 0.3) is 17.3 Å². The van der Waals surface area contributed by atoms with Crippen LogP contribution in [0.5, 0.6) is 17.2 Å². The Kier molecular flexibility index (Phi) is 8.44. The third kappa shape index (κ3) is 5.81. The summed E-state index contributed by atoms with van der Waals surface area (Å²) in [5, 5.41) is 3.38. The first-order valence-corrected chi connectivity index (χ1v) is 15.7. The Morgan fingerprint density at radius 1 is 0.905 bits per heavy atom. The summed E-state index contributed by atoms with van der Waals surface area (Å²) >= 11 is 1.75. The molecule has 0 saturated carbocycles. The maximum Gasteiger partial charge on any atom is 0.249 e. The number of carbonyl (C=O) groups is 1. The van der Waals surface area contributed by atoms with Crippen LogP contribution in [-0.2, 0) is 15.6 Å². The van der Waals surface area contributed by atoms with Crippen molar-refractivity contribution in [3.8, 4) is 28.5 Å². The van der Waals surface area contributed by atoms with Gasteiger partial charge in [0, 0.05) is 47.2 Å². The topological polar surface area (TPSA) is 60.9 Å². The van der Waals surface area contributed by atoms with Crippen LogP contribution < -0.4 is 14.2 Å². The maximum atomic E-state index is 13.4. The molecule has 0 spiro atoms. The molecule has 1 aromatic heterocycles. The molecule has 0 radical (unpaired) electrons. The molecule has 3 aromatic rings. The van der Waals surface area contributed by atoms with Crippen molar-refractivity contribution < 1.29 is 19.0 Å². The summed E-state index contributed by atoms with van der Waals surface area (Å²) in [6.45, 7) is 12.8. The SMILES string of the molecule is COc1cc(OC)c(OC)cc1C=C(C)C(=O)N1CCC(c2nc(-c3ccc4c(c3)C(C)(C)CCC4(C)C)cs2)CC1. The van der Waals surface area contributed by atoms with E-state index in [2.05, 4.69) is 51.3 Å². The average molecular weight is 589 g/mol. The van der Waals surface area contributed by atoms with Gasteiger partial charge in [0.1, 0.15) is 5.75 Å². The van der Waals surface area contributed by atoms with Gasteiger partial charge in [0.05, 0.1) is 32.0 Å². The number of ether oxygens (including phenoxy) is 3. The summed E-state index contributed by atoms with van der Waals surface area (Å²) in [5.41, 5.74) is 7.04. The highest BCUT2D eigenvalue weighted by Gasteiger charge is 2.37. The number of aromatic nitrogens is 1. The van der Waals surface area contributed by atoms with Crippen molar-refractivity contribution in [1.29, 1.82) is 0 Å². The lowest BCUT2D eigenvalue weighted by atomic mass is 9.63.